The van der Waals surface area contributed by atoms with Crippen molar-refractivity contribution in [3.63, 3.8) is 0 Å². The van der Waals surface area contributed by atoms with Crippen LogP contribution in [0.4, 0.5) is 32.4 Å². The quantitative estimate of drug-likeness (QED) is 0.553. The molecule has 1 amide bonds. The molecule has 37 heavy (non-hydrogen) atoms. The monoisotopic (exact) mass is 531 g/mol. The van der Waals surface area contributed by atoms with E-state index in [0.29, 0.717) is 18.9 Å². The number of hydrogen-bond donors (Lipinski definition) is 2. The van der Waals surface area contributed by atoms with Gasteiger partial charge in [-0.3, -0.25) is 4.79 Å². The van der Waals surface area contributed by atoms with Gasteiger partial charge in [0.1, 0.15) is 22.7 Å². The molecule has 2 aromatic rings. The Morgan fingerprint density at radius 1 is 1.16 bits per heavy atom. The van der Waals surface area contributed by atoms with Crippen LogP contribution in [0.5, 0.6) is 0 Å². The Morgan fingerprint density at radius 3 is 2.35 bits per heavy atom. The summed E-state index contributed by atoms with van der Waals surface area (Å²) in [6.07, 6.45) is -3.50. The smallest absolute Gasteiger partial charge is 0.407 e. The van der Waals surface area contributed by atoms with Crippen LogP contribution in [-0.2, 0) is 4.74 Å². The van der Waals surface area contributed by atoms with Gasteiger partial charge in [0.15, 0.2) is 5.82 Å². The van der Waals surface area contributed by atoms with Gasteiger partial charge in [-0.2, -0.15) is 13.2 Å². The molecule has 1 aliphatic carbocycles. The van der Waals surface area contributed by atoms with Gasteiger partial charge in [0.05, 0.1) is 16.8 Å². The van der Waals surface area contributed by atoms with Gasteiger partial charge >= 0.3 is 18.2 Å². The molecule has 1 aromatic carbocycles. The normalized spacial score (nSPS) is 20.4. The molecule has 2 fully saturated rings. The fraction of sp³-hybridized carbons (Fsp3) is 0.542. The number of carbonyl (C=O) groups excluding carboxylic acids is 1. The van der Waals surface area contributed by atoms with Crippen molar-refractivity contribution in [2.24, 2.45) is 11.8 Å². The minimum atomic E-state index is -4.72. The third-order valence-electron chi connectivity index (χ3n) is 6.44. The third kappa shape index (κ3) is 5.35. The molecule has 202 valence electrons. The van der Waals surface area contributed by atoms with Crippen molar-refractivity contribution in [2.75, 3.05) is 24.5 Å². The van der Waals surface area contributed by atoms with Crippen LogP contribution < -0.4 is 15.6 Å². The number of nitrogens with zero attached hydrogens (tertiary/aromatic N) is 2. The van der Waals surface area contributed by atoms with Crippen LogP contribution in [0.2, 0.25) is 0 Å². The number of anilines is 1. The molecule has 1 saturated carbocycles. The first-order valence-electron chi connectivity index (χ1n) is 11.7. The summed E-state index contributed by atoms with van der Waals surface area (Å²) in [5, 5.41) is 11.1. The first-order valence-corrected chi connectivity index (χ1v) is 11.7. The largest absolute Gasteiger partial charge is 0.477 e. The lowest BCUT2D eigenvalue weighted by molar-refractivity contribution is -0.178. The van der Waals surface area contributed by atoms with E-state index in [9.17, 15) is 32.7 Å². The van der Waals surface area contributed by atoms with Crippen LogP contribution in [0, 0.1) is 23.5 Å². The predicted molar refractivity (Wildman–Crippen MR) is 123 cm³/mol. The SMILES string of the molecule is CC(C)(C)OC(=O)NC[C@H]1CN(c2c(F)cc3c(=O)c(C(=O)O)cn(C4CC4)c3c2F)C[C@@H]1C(F)(F)F. The summed E-state index contributed by atoms with van der Waals surface area (Å²) >= 11 is 0. The number of benzene rings is 1. The van der Waals surface area contributed by atoms with Crippen molar-refractivity contribution in [2.45, 2.75) is 51.4 Å². The van der Waals surface area contributed by atoms with E-state index in [1.807, 2.05) is 0 Å². The molecule has 2 heterocycles. The van der Waals surface area contributed by atoms with E-state index < -0.39 is 89.0 Å². The molecule has 2 atom stereocenters. The number of rotatable bonds is 5. The zero-order valence-corrected chi connectivity index (χ0v) is 20.3. The minimum absolute atomic E-state index is 0.318. The van der Waals surface area contributed by atoms with Crippen LogP contribution in [0.25, 0.3) is 10.9 Å². The van der Waals surface area contributed by atoms with Crippen molar-refractivity contribution in [1.29, 1.82) is 0 Å². The molecule has 0 spiro atoms. The third-order valence-corrected chi connectivity index (χ3v) is 6.44. The highest BCUT2D eigenvalue weighted by molar-refractivity contribution is 5.94. The van der Waals surface area contributed by atoms with Crippen molar-refractivity contribution in [3.8, 4) is 0 Å². The van der Waals surface area contributed by atoms with Gasteiger partial charge in [-0.25, -0.2) is 18.4 Å². The maximum Gasteiger partial charge on any atom is 0.407 e. The van der Waals surface area contributed by atoms with Gasteiger partial charge in [0.2, 0.25) is 5.43 Å². The van der Waals surface area contributed by atoms with Gasteiger partial charge in [-0.15, -0.1) is 0 Å². The van der Waals surface area contributed by atoms with E-state index in [1.165, 1.54) is 4.57 Å². The summed E-state index contributed by atoms with van der Waals surface area (Å²) in [4.78, 5) is 37.0. The highest BCUT2D eigenvalue weighted by Gasteiger charge is 2.50. The Kier molecular flexibility index (Phi) is 6.62. The standard InChI is InChI=1S/C24H26F5N3O5/c1-23(2,3)37-22(36)30-7-11-8-31(10-15(11)24(27,28)29)19-16(25)6-13-18(17(19)26)32(12-4-5-12)9-14(20(13)33)21(34)35/h6,9,11-12,15H,4-5,7-8,10H2,1-3H3,(H,30,36)(H,34,35)/t11-,15-/m0/s1. The molecule has 13 heteroatoms. The number of carbonyl (C=O) groups is 2. The summed E-state index contributed by atoms with van der Waals surface area (Å²) in [5.41, 5.74) is -3.70. The molecular weight excluding hydrogens is 505 g/mol. The maximum absolute atomic E-state index is 15.8. The Balaban J connectivity index is 1.72. The number of pyridine rings is 1. The van der Waals surface area contributed by atoms with Gasteiger partial charge in [0, 0.05) is 37.8 Å². The number of nitrogens with one attached hydrogen (secondary N) is 1. The molecule has 0 unspecified atom stereocenters. The second-order valence-electron chi connectivity index (χ2n) is 10.4. The summed E-state index contributed by atoms with van der Waals surface area (Å²) in [5.74, 6) is -7.32. The Morgan fingerprint density at radius 2 is 1.81 bits per heavy atom. The van der Waals surface area contributed by atoms with Gasteiger partial charge in [-0.1, -0.05) is 0 Å². The van der Waals surface area contributed by atoms with E-state index in [4.69, 9.17) is 4.74 Å². The Hall–Kier alpha value is -3.38. The highest BCUT2D eigenvalue weighted by Crippen LogP contribution is 2.43. The summed E-state index contributed by atoms with van der Waals surface area (Å²) in [7, 11) is 0. The van der Waals surface area contributed by atoms with Gasteiger partial charge in [0.25, 0.3) is 0 Å². The molecule has 0 radical (unpaired) electrons. The second kappa shape index (κ2) is 9.18. The van der Waals surface area contributed by atoms with Crippen LogP contribution in [0.3, 0.4) is 0 Å². The van der Waals surface area contributed by atoms with Crippen molar-refractivity contribution < 1.29 is 41.4 Å². The van der Waals surface area contributed by atoms with Crippen molar-refractivity contribution >= 4 is 28.7 Å². The number of alkyl halides is 3. The van der Waals surface area contributed by atoms with Crippen LogP contribution in [0.15, 0.2) is 17.1 Å². The predicted octanol–water partition coefficient (Wildman–Crippen LogP) is 4.45. The number of carboxylic acid groups (broad SMARTS) is 1. The average Bonchev–Trinajstić information content (AvgIpc) is 3.50. The summed E-state index contributed by atoms with van der Waals surface area (Å²) in [6, 6.07) is 0.359. The van der Waals surface area contributed by atoms with Crippen LogP contribution in [0.1, 0.15) is 50.0 Å². The van der Waals surface area contributed by atoms with E-state index in [0.717, 1.165) is 11.1 Å². The highest BCUT2D eigenvalue weighted by atomic mass is 19.4. The molecule has 8 nitrogen and oxygen atoms in total. The first-order chi connectivity index (χ1) is 17.1. The Bertz CT molecular complexity index is 1310. The van der Waals surface area contributed by atoms with Gasteiger partial charge in [-0.05, 0) is 39.7 Å². The molecule has 2 N–H and O–H groups in total. The molecule has 0 bridgehead atoms. The number of amides is 1. The zero-order chi connectivity index (χ0) is 27.4. The van der Waals surface area contributed by atoms with Crippen LogP contribution in [-0.4, -0.2) is 53.1 Å². The number of alkyl carbamates (subject to hydrolysis) is 1. The van der Waals surface area contributed by atoms with Crippen LogP contribution >= 0.6 is 0 Å². The topological polar surface area (TPSA) is 101 Å². The fourth-order valence-electron chi connectivity index (χ4n) is 4.67. The number of aromatic nitrogens is 1. The number of hydrogen-bond acceptors (Lipinski definition) is 5. The van der Waals surface area contributed by atoms with Gasteiger partial charge < -0.3 is 24.6 Å². The van der Waals surface area contributed by atoms with Crippen molar-refractivity contribution in [1.82, 2.24) is 9.88 Å². The average molecular weight is 531 g/mol. The lowest BCUT2D eigenvalue weighted by atomic mass is 9.95. The van der Waals surface area contributed by atoms with Crippen molar-refractivity contribution in [3.05, 3.63) is 39.7 Å². The molecule has 1 saturated heterocycles. The lowest BCUT2D eigenvalue weighted by Gasteiger charge is -2.23. The summed E-state index contributed by atoms with van der Waals surface area (Å²) < 4.78 is 78.9. The van der Waals surface area contributed by atoms with E-state index >= 15 is 8.78 Å². The molecular formula is C24H26F5N3O5. The first kappa shape index (κ1) is 26.7. The van der Waals surface area contributed by atoms with E-state index in [-0.39, 0.29) is 11.6 Å². The number of aromatic carboxylic acids is 1. The second-order valence-corrected chi connectivity index (χ2v) is 10.4. The fourth-order valence-corrected chi connectivity index (χ4v) is 4.67. The molecule has 4 rings (SSSR count). The zero-order valence-electron chi connectivity index (χ0n) is 20.3. The lowest BCUT2D eigenvalue weighted by Crippen LogP contribution is -2.39. The van der Waals surface area contributed by atoms with E-state index in [1.54, 1.807) is 20.8 Å². The number of ether oxygens (including phenoxy) is 1. The number of halogens is 5. The number of fused-ring (bicyclic) bond motifs is 1. The molecule has 1 aliphatic heterocycles. The Labute approximate surface area is 208 Å². The summed E-state index contributed by atoms with van der Waals surface area (Å²) in [6.45, 7) is 3.13. The van der Waals surface area contributed by atoms with E-state index in [2.05, 4.69) is 5.32 Å². The number of carboxylic acids is 1. The molecule has 2 aliphatic rings. The molecule has 1 aromatic heterocycles. The maximum atomic E-state index is 15.8. The minimum Gasteiger partial charge on any atom is -0.477 e.